The van der Waals surface area contributed by atoms with Gasteiger partial charge >= 0.3 is 0 Å². The molecule has 0 aliphatic carbocycles. The molecule has 3 aromatic carbocycles. The molecule has 0 bridgehead atoms. The number of benzene rings is 3. The van der Waals surface area contributed by atoms with Crippen molar-refractivity contribution in [2.24, 2.45) is 0 Å². The number of hydrogen-bond acceptors (Lipinski definition) is 4. The summed E-state index contributed by atoms with van der Waals surface area (Å²) >= 11 is 0. The van der Waals surface area contributed by atoms with Gasteiger partial charge in [-0.15, -0.1) is 0 Å². The maximum absolute atomic E-state index is 13.6. The van der Waals surface area contributed by atoms with Crippen LogP contribution in [0.25, 0.3) is 6.08 Å². The standard InChI is InChI=1S/C23H18FNO3S/c1-17-6-12-21(13-7-17)29(26,27)22(15-25)14-18-8-10-20(11-9-18)28-16-19-4-2-3-5-23(19)24/h2-14H,16H2,1H3. The molecule has 0 atom stereocenters. The Hall–Kier alpha value is -3.43. The molecule has 0 spiro atoms. The summed E-state index contributed by atoms with van der Waals surface area (Å²) in [7, 11) is -3.90. The minimum Gasteiger partial charge on any atom is -0.489 e. The monoisotopic (exact) mass is 407 g/mol. The van der Waals surface area contributed by atoms with E-state index in [0.29, 0.717) is 16.9 Å². The van der Waals surface area contributed by atoms with Crippen molar-refractivity contribution in [2.45, 2.75) is 18.4 Å². The summed E-state index contributed by atoms with van der Waals surface area (Å²) in [6.45, 7) is 1.93. The van der Waals surface area contributed by atoms with Crippen LogP contribution < -0.4 is 4.74 Å². The largest absolute Gasteiger partial charge is 0.489 e. The van der Waals surface area contributed by atoms with Gasteiger partial charge in [0.05, 0.1) is 4.90 Å². The molecule has 0 amide bonds. The third-order valence-corrected chi connectivity index (χ3v) is 5.94. The van der Waals surface area contributed by atoms with E-state index < -0.39 is 9.84 Å². The first-order valence-corrected chi connectivity index (χ1v) is 10.3. The molecular weight excluding hydrogens is 389 g/mol. The Morgan fingerprint density at radius 1 is 1.03 bits per heavy atom. The fourth-order valence-electron chi connectivity index (χ4n) is 2.60. The highest BCUT2D eigenvalue weighted by molar-refractivity contribution is 7.95. The number of allylic oxidation sites excluding steroid dienone is 1. The van der Waals surface area contributed by atoms with Crippen LogP contribution in [0, 0.1) is 24.1 Å². The van der Waals surface area contributed by atoms with E-state index >= 15 is 0 Å². The van der Waals surface area contributed by atoms with Gasteiger partial charge in [0.2, 0.25) is 9.84 Å². The van der Waals surface area contributed by atoms with E-state index in [9.17, 15) is 18.1 Å². The van der Waals surface area contributed by atoms with Crippen molar-refractivity contribution in [1.29, 1.82) is 5.26 Å². The van der Waals surface area contributed by atoms with Gasteiger partial charge in [0, 0.05) is 5.56 Å². The van der Waals surface area contributed by atoms with Gasteiger partial charge in [0.25, 0.3) is 0 Å². The first-order valence-electron chi connectivity index (χ1n) is 8.80. The lowest BCUT2D eigenvalue weighted by Gasteiger charge is -2.08. The van der Waals surface area contributed by atoms with E-state index in [-0.39, 0.29) is 22.2 Å². The van der Waals surface area contributed by atoms with E-state index in [2.05, 4.69) is 0 Å². The third-order valence-electron chi connectivity index (χ3n) is 4.26. The molecule has 3 rings (SSSR count). The number of aryl methyl sites for hydroxylation is 1. The molecule has 146 valence electrons. The number of halogens is 1. The van der Waals surface area contributed by atoms with Crippen molar-refractivity contribution in [1.82, 2.24) is 0 Å². The second-order valence-electron chi connectivity index (χ2n) is 6.39. The van der Waals surface area contributed by atoms with E-state index in [1.807, 2.05) is 6.92 Å². The molecule has 0 aliphatic rings. The van der Waals surface area contributed by atoms with Gasteiger partial charge in [0.15, 0.2) is 0 Å². The lowest BCUT2D eigenvalue weighted by Crippen LogP contribution is -2.03. The Balaban J connectivity index is 1.77. The molecule has 0 saturated carbocycles. The Labute approximate surface area is 169 Å². The van der Waals surface area contributed by atoms with Crippen molar-refractivity contribution in [3.63, 3.8) is 0 Å². The Kier molecular flexibility index (Phi) is 6.10. The molecule has 29 heavy (non-hydrogen) atoms. The highest BCUT2D eigenvalue weighted by Crippen LogP contribution is 2.23. The topological polar surface area (TPSA) is 67.2 Å². The lowest BCUT2D eigenvalue weighted by molar-refractivity contribution is 0.300. The zero-order valence-electron chi connectivity index (χ0n) is 15.7. The van der Waals surface area contributed by atoms with Crippen LogP contribution in [-0.4, -0.2) is 8.42 Å². The maximum Gasteiger partial charge on any atom is 0.216 e. The fourth-order valence-corrected chi connectivity index (χ4v) is 3.76. The van der Waals surface area contributed by atoms with E-state index in [4.69, 9.17) is 4.74 Å². The van der Waals surface area contributed by atoms with Gasteiger partial charge in [-0.25, -0.2) is 12.8 Å². The van der Waals surface area contributed by atoms with E-state index in [1.165, 1.54) is 24.3 Å². The van der Waals surface area contributed by atoms with Crippen LogP contribution in [0.4, 0.5) is 4.39 Å². The summed E-state index contributed by atoms with van der Waals surface area (Å²) < 4.78 is 44.6. The van der Waals surface area contributed by atoms with Crippen LogP contribution in [0.5, 0.6) is 5.75 Å². The average molecular weight is 407 g/mol. The summed E-state index contributed by atoms with van der Waals surface area (Å²) in [6, 6.07) is 21.0. The normalized spacial score (nSPS) is 11.7. The Morgan fingerprint density at radius 2 is 1.69 bits per heavy atom. The zero-order chi connectivity index (χ0) is 20.9. The molecule has 0 heterocycles. The summed E-state index contributed by atoms with van der Waals surface area (Å²) in [5, 5.41) is 9.37. The zero-order valence-corrected chi connectivity index (χ0v) is 16.5. The third kappa shape index (κ3) is 4.89. The fraction of sp³-hybridized carbons (Fsp3) is 0.0870. The molecule has 6 heteroatoms. The van der Waals surface area contributed by atoms with Crippen molar-refractivity contribution in [2.75, 3.05) is 0 Å². The molecule has 4 nitrogen and oxygen atoms in total. The van der Waals surface area contributed by atoms with Crippen molar-refractivity contribution >= 4 is 15.9 Å². The molecule has 0 aliphatic heterocycles. The quantitative estimate of drug-likeness (QED) is 0.536. The number of nitriles is 1. The number of hydrogen-bond donors (Lipinski definition) is 0. The van der Waals surface area contributed by atoms with Gasteiger partial charge in [-0.1, -0.05) is 48.0 Å². The predicted molar refractivity (Wildman–Crippen MR) is 109 cm³/mol. The van der Waals surface area contributed by atoms with E-state index in [1.54, 1.807) is 60.7 Å². The van der Waals surface area contributed by atoms with Crippen LogP contribution in [0.3, 0.4) is 0 Å². The Morgan fingerprint density at radius 3 is 2.31 bits per heavy atom. The minimum atomic E-state index is -3.90. The highest BCUT2D eigenvalue weighted by Gasteiger charge is 2.20. The van der Waals surface area contributed by atoms with E-state index in [0.717, 1.165) is 5.56 Å². The van der Waals surface area contributed by atoms with Gasteiger partial charge in [-0.05, 0) is 48.9 Å². The molecule has 0 radical (unpaired) electrons. The smallest absolute Gasteiger partial charge is 0.216 e. The summed E-state index contributed by atoms with van der Waals surface area (Å²) in [5.41, 5.74) is 1.90. The second kappa shape index (κ2) is 8.72. The molecule has 0 saturated heterocycles. The summed E-state index contributed by atoms with van der Waals surface area (Å²) in [5.74, 6) is 0.164. The molecule has 0 N–H and O–H groups in total. The Bertz CT molecular complexity index is 1180. The minimum absolute atomic E-state index is 0.0701. The van der Waals surface area contributed by atoms with Crippen LogP contribution >= 0.6 is 0 Å². The first kappa shape index (κ1) is 20.3. The average Bonchev–Trinajstić information content (AvgIpc) is 2.72. The van der Waals surface area contributed by atoms with Crippen LogP contribution in [0.15, 0.2) is 82.6 Å². The van der Waals surface area contributed by atoms with Gasteiger partial charge < -0.3 is 4.74 Å². The number of rotatable bonds is 6. The van der Waals surface area contributed by atoms with Gasteiger partial charge in [-0.3, -0.25) is 0 Å². The summed E-state index contributed by atoms with van der Waals surface area (Å²) in [6.07, 6.45) is 1.32. The lowest BCUT2D eigenvalue weighted by atomic mass is 10.2. The first-order chi connectivity index (χ1) is 13.9. The summed E-state index contributed by atoms with van der Waals surface area (Å²) in [4.78, 5) is -0.276. The van der Waals surface area contributed by atoms with Gasteiger partial charge in [0.1, 0.15) is 29.1 Å². The molecule has 3 aromatic rings. The number of sulfone groups is 1. The van der Waals surface area contributed by atoms with Gasteiger partial charge in [-0.2, -0.15) is 5.26 Å². The highest BCUT2D eigenvalue weighted by atomic mass is 32.2. The second-order valence-corrected chi connectivity index (χ2v) is 8.30. The van der Waals surface area contributed by atoms with Crippen LogP contribution in [-0.2, 0) is 16.4 Å². The molecule has 0 fully saturated rings. The SMILES string of the molecule is Cc1ccc(S(=O)(=O)C(C#N)=Cc2ccc(OCc3ccccc3F)cc2)cc1. The molecular formula is C23H18FNO3S. The number of nitrogens with zero attached hydrogens (tertiary/aromatic N) is 1. The maximum atomic E-state index is 13.6. The van der Waals surface area contributed by atoms with Crippen molar-refractivity contribution in [3.8, 4) is 11.8 Å². The van der Waals surface area contributed by atoms with Crippen molar-refractivity contribution < 1.29 is 17.5 Å². The van der Waals surface area contributed by atoms with Crippen LogP contribution in [0.2, 0.25) is 0 Å². The number of ether oxygens (including phenoxy) is 1. The molecule has 0 aromatic heterocycles. The van der Waals surface area contributed by atoms with Crippen molar-refractivity contribution in [3.05, 3.63) is 100 Å². The predicted octanol–water partition coefficient (Wildman–Crippen LogP) is 5.05. The van der Waals surface area contributed by atoms with Crippen LogP contribution in [0.1, 0.15) is 16.7 Å². The molecule has 0 unspecified atom stereocenters.